The summed E-state index contributed by atoms with van der Waals surface area (Å²) in [4.78, 5) is 10.7. The van der Waals surface area contributed by atoms with Crippen molar-refractivity contribution in [1.82, 2.24) is 19.6 Å². The van der Waals surface area contributed by atoms with Crippen LogP contribution in [-0.2, 0) is 0 Å². The molecule has 4 aliphatic heterocycles. The number of hydrogen-bond acceptors (Lipinski definition) is 4. The Morgan fingerprint density at radius 3 is 0.914 bits per heavy atom. The van der Waals surface area contributed by atoms with Crippen molar-refractivity contribution >= 4 is 0 Å². The molecule has 0 aromatic carbocycles. The quantitative estimate of drug-likeness (QED) is 0.236. The van der Waals surface area contributed by atoms with E-state index in [2.05, 4.69) is 274 Å². The number of fused-ring (bicyclic) bond motifs is 6. The predicted molar refractivity (Wildman–Crippen MR) is 464 cm³/mol. The third kappa shape index (κ3) is 24.1. The molecule has 4 heteroatoms. The van der Waals surface area contributed by atoms with Gasteiger partial charge in [0.05, 0.1) is 0 Å². The van der Waals surface area contributed by atoms with E-state index in [0.29, 0.717) is 38.2 Å². The molecule has 14 atom stereocenters. The van der Waals surface area contributed by atoms with Crippen molar-refractivity contribution in [2.45, 2.75) is 381 Å². The van der Waals surface area contributed by atoms with Gasteiger partial charge in [-0.2, -0.15) is 0 Å². The fourth-order valence-corrected chi connectivity index (χ4v) is 23.7. The first kappa shape index (κ1) is 89.6. The first-order valence-electron chi connectivity index (χ1n) is 46.2. The lowest BCUT2D eigenvalue weighted by atomic mass is 9.76. The molecule has 4 nitrogen and oxygen atoms in total. The standard InChI is InChI=1S/C15H28.3C15H26.2C14H27N.C13H26N2/c4*1-10(2)11-6-12-8-14(15(3,4)5)9-13(12)7-11;1-10(2)15-8-11-6-13(14(3,4)5)7-12(11)9-15;1-10(2)11-6-12-8-15(14(3,4)5)9-13(12)7-11;1-10(2)14-6-11-8-15(13(3,4)5)9-12(11)7-14/h10-14H,6-9H2,1-5H3;10-11,14H,6-9H2,1-5H3;8,10-13H,6-7,9H2,1-5H3;6,10,12-14H,7-9H2,1-5H3;2*10-13H,6-9H2,1-5H3;10-12H,6-9H2,1-5H3. The molecule has 4 saturated heterocycles. The van der Waals surface area contributed by atoms with Gasteiger partial charge in [0.2, 0.25) is 0 Å². The van der Waals surface area contributed by atoms with Crippen molar-refractivity contribution in [2.75, 3.05) is 52.4 Å². The molecule has 10 aliphatic carbocycles. The maximum Gasteiger partial charge on any atom is 0.0125 e. The molecule has 0 aromatic rings. The van der Waals surface area contributed by atoms with Crippen LogP contribution in [-0.4, -0.2) is 95.1 Å². The zero-order chi connectivity index (χ0) is 78.5. The third-order valence-electron chi connectivity index (χ3n) is 32.7. The molecule has 0 spiro atoms. The van der Waals surface area contributed by atoms with E-state index in [1.807, 2.05) is 11.1 Å². The summed E-state index contributed by atoms with van der Waals surface area (Å²) in [7, 11) is 0. The van der Waals surface area contributed by atoms with Crippen LogP contribution >= 0.6 is 0 Å². The van der Waals surface area contributed by atoms with Gasteiger partial charge in [-0.15, -0.1) is 0 Å². The first-order chi connectivity index (χ1) is 48.1. The molecule has 14 rings (SSSR count). The van der Waals surface area contributed by atoms with Crippen LogP contribution in [0.2, 0.25) is 0 Å². The molecular weight excluding hydrogens is 1270 g/mol. The van der Waals surface area contributed by atoms with Gasteiger partial charge in [-0.1, -0.05) is 208 Å². The van der Waals surface area contributed by atoms with Crippen molar-refractivity contribution in [3.05, 3.63) is 34.4 Å². The third-order valence-corrected chi connectivity index (χ3v) is 32.7. The molecule has 14 unspecified atom stereocenters. The Labute approximate surface area is 658 Å². The van der Waals surface area contributed by atoms with Gasteiger partial charge in [0.15, 0.2) is 0 Å². The molecule has 610 valence electrons. The highest BCUT2D eigenvalue weighted by molar-refractivity contribution is 5.28. The van der Waals surface area contributed by atoms with Gasteiger partial charge >= 0.3 is 0 Å². The summed E-state index contributed by atoms with van der Waals surface area (Å²) in [5, 5.41) is 0. The van der Waals surface area contributed by atoms with Crippen LogP contribution in [0.25, 0.3) is 0 Å². The van der Waals surface area contributed by atoms with Crippen LogP contribution in [0.5, 0.6) is 0 Å². The van der Waals surface area contributed by atoms with Crippen LogP contribution in [0.1, 0.15) is 358 Å². The smallest absolute Gasteiger partial charge is 0.0125 e. The van der Waals surface area contributed by atoms with Crippen LogP contribution in [0.15, 0.2) is 34.4 Å². The van der Waals surface area contributed by atoms with E-state index in [9.17, 15) is 0 Å². The second kappa shape index (κ2) is 35.4. The summed E-state index contributed by atoms with van der Waals surface area (Å²) < 4.78 is 0. The number of nitrogens with zero attached hydrogens (tertiary/aromatic N) is 4. The molecule has 0 amide bonds. The fourth-order valence-electron chi connectivity index (χ4n) is 23.7. The number of hydrogen-bond donors (Lipinski definition) is 0. The zero-order valence-corrected chi connectivity index (χ0v) is 77.4. The molecule has 0 aromatic heterocycles. The molecule has 4 heterocycles. The van der Waals surface area contributed by atoms with Crippen LogP contribution in [0.3, 0.4) is 0 Å². The minimum Gasteiger partial charge on any atom is -0.300 e. The maximum absolute atomic E-state index is 2.69. The molecule has 6 saturated carbocycles. The highest BCUT2D eigenvalue weighted by Gasteiger charge is 2.50. The summed E-state index contributed by atoms with van der Waals surface area (Å²) in [6, 6.07) is 1.49. The minimum absolute atomic E-state index is 0.368. The highest BCUT2D eigenvalue weighted by atomic mass is 15.3. The fraction of sp³-hybridized carbons (Fsp3) is 0.941. The van der Waals surface area contributed by atoms with E-state index < -0.39 is 0 Å². The van der Waals surface area contributed by atoms with Crippen molar-refractivity contribution in [2.24, 2.45) is 175 Å². The van der Waals surface area contributed by atoms with Gasteiger partial charge in [-0.25, -0.2) is 0 Å². The van der Waals surface area contributed by atoms with Gasteiger partial charge in [-0.3, -0.25) is 9.80 Å². The molecule has 0 radical (unpaired) electrons. The average molecular weight is 1460 g/mol. The predicted octanol–water partition coefficient (Wildman–Crippen LogP) is 27.7. The number of allylic oxidation sites excluding steroid dienone is 6. The molecule has 105 heavy (non-hydrogen) atoms. The van der Waals surface area contributed by atoms with Crippen molar-refractivity contribution in [3.63, 3.8) is 0 Å². The van der Waals surface area contributed by atoms with Crippen LogP contribution < -0.4 is 0 Å². The van der Waals surface area contributed by atoms with E-state index in [4.69, 9.17) is 0 Å². The van der Waals surface area contributed by atoms with Crippen LogP contribution in [0.4, 0.5) is 0 Å². The molecular formula is C101H186N4. The lowest BCUT2D eigenvalue weighted by Gasteiger charge is -2.33. The lowest BCUT2D eigenvalue weighted by Crippen LogP contribution is -2.42. The molecule has 0 N–H and O–H groups in total. The summed E-state index contributed by atoms with van der Waals surface area (Å²) in [5.74, 6) is 24.2. The Morgan fingerprint density at radius 1 is 0.276 bits per heavy atom. The van der Waals surface area contributed by atoms with E-state index in [1.165, 1.54) is 168 Å². The van der Waals surface area contributed by atoms with Crippen molar-refractivity contribution in [1.29, 1.82) is 0 Å². The highest BCUT2D eigenvalue weighted by Crippen LogP contribution is 2.58. The summed E-state index contributed by atoms with van der Waals surface area (Å²) in [6.45, 7) is 94.0. The first-order valence-corrected chi connectivity index (χ1v) is 46.2. The Kier molecular flexibility index (Phi) is 30.2. The summed E-state index contributed by atoms with van der Waals surface area (Å²) in [5.41, 5.74) is 10.4. The minimum atomic E-state index is 0.368. The maximum atomic E-state index is 2.69. The summed E-state index contributed by atoms with van der Waals surface area (Å²) >= 11 is 0. The van der Waals surface area contributed by atoms with Crippen molar-refractivity contribution in [3.8, 4) is 0 Å². The van der Waals surface area contributed by atoms with E-state index in [-0.39, 0.29) is 0 Å². The Bertz CT molecular complexity index is 2460. The molecule has 14 aliphatic rings. The van der Waals surface area contributed by atoms with E-state index in [0.717, 1.165) is 160 Å². The molecule has 10 fully saturated rings. The topological polar surface area (TPSA) is 13.0 Å². The van der Waals surface area contributed by atoms with Gasteiger partial charge in [0, 0.05) is 75.5 Å². The average Bonchev–Trinajstić information content (AvgIpc) is 1.70. The second-order valence-electron chi connectivity index (χ2n) is 49.5. The van der Waals surface area contributed by atoms with E-state index in [1.54, 1.807) is 11.1 Å². The van der Waals surface area contributed by atoms with Gasteiger partial charge < -0.3 is 9.80 Å². The zero-order valence-electron chi connectivity index (χ0n) is 77.4. The van der Waals surface area contributed by atoms with Gasteiger partial charge in [-0.05, 0) is 360 Å². The number of rotatable bonds is 7. The second-order valence-corrected chi connectivity index (χ2v) is 49.5. The van der Waals surface area contributed by atoms with Gasteiger partial charge in [0.25, 0.3) is 0 Å². The van der Waals surface area contributed by atoms with Crippen LogP contribution in [0, 0.1) is 175 Å². The lowest BCUT2D eigenvalue weighted by molar-refractivity contribution is 0.143. The Balaban J connectivity index is 0.000000155. The monoisotopic (exact) mass is 1460 g/mol. The normalized spacial score (nSPS) is 35.2. The Hall–Kier alpha value is -0.940. The summed E-state index contributed by atoms with van der Waals surface area (Å²) in [6.07, 6.45) is 31.6. The largest absolute Gasteiger partial charge is 0.300 e. The SMILES string of the molecule is CC(C)C1=CC2CC(C(C)(C)C)CC2C1.CC(C)C1CC2=C(C1)CC(C(C)(C)C)C2.CC(C)C1CC2C=C(C(C)(C)C)CC2C1.CC(C)C1CC2CC(C(C)(C)C)CC2C1.CC(C)C1CC2CN(C(C)(C)C)CC2C1.CC(C)N1CC2CC(C(C)(C)C)CC2C1.CC(C)N1CC2CN(C(C)(C)C)CC2C1. The number of likely N-dealkylation sites (tertiary alicyclic amines) is 4. The molecule has 0 bridgehead atoms. The van der Waals surface area contributed by atoms with Crippen molar-refractivity contribution < 1.29 is 0 Å². The van der Waals surface area contributed by atoms with E-state index >= 15 is 0 Å². The Morgan fingerprint density at radius 2 is 0.581 bits per heavy atom. The van der Waals surface area contributed by atoms with Gasteiger partial charge in [0.1, 0.15) is 0 Å².